The van der Waals surface area contributed by atoms with E-state index in [1.807, 2.05) is 24.3 Å². The Bertz CT molecular complexity index is 806. The second-order valence-electron chi connectivity index (χ2n) is 6.37. The lowest BCUT2D eigenvalue weighted by Gasteiger charge is -2.30. The van der Waals surface area contributed by atoms with E-state index in [4.69, 9.17) is 9.47 Å². The molecule has 0 aromatic heterocycles. The molecule has 0 saturated heterocycles. The number of aryl methyl sites for hydroxylation is 2. The summed E-state index contributed by atoms with van der Waals surface area (Å²) < 4.78 is 25.3. The quantitative estimate of drug-likeness (QED) is 0.858. The van der Waals surface area contributed by atoms with Crippen molar-refractivity contribution < 1.29 is 18.7 Å². The van der Waals surface area contributed by atoms with Gasteiger partial charge in [-0.2, -0.15) is 0 Å². The van der Waals surface area contributed by atoms with Crippen LogP contribution in [0.3, 0.4) is 0 Å². The van der Waals surface area contributed by atoms with Crippen LogP contribution in [-0.4, -0.2) is 25.7 Å². The molecule has 0 saturated carbocycles. The largest absolute Gasteiger partial charge is 0.486 e. The third kappa shape index (κ3) is 3.18. The number of fused-ring (bicyclic) bond motifs is 2. The molecular formula is C20H20FNO3. The van der Waals surface area contributed by atoms with Crippen LogP contribution in [0.1, 0.15) is 24.0 Å². The Morgan fingerprint density at radius 3 is 2.84 bits per heavy atom. The minimum absolute atomic E-state index is 0.0408. The molecule has 2 aliphatic rings. The minimum Gasteiger partial charge on any atom is -0.486 e. The molecule has 1 amide bonds. The Hall–Kier alpha value is -2.56. The highest BCUT2D eigenvalue weighted by Gasteiger charge is 2.25. The number of hydrogen-bond donors (Lipinski definition) is 0. The maximum atomic E-state index is 14.2. The number of carbonyl (C=O) groups excluding carboxylic acids is 1. The monoisotopic (exact) mass is 341 g/mol. The predicted molar refractivity (Wildman–Crippen MR) is 92.8 cm³/mol. The molecule has 4 rings (SSSR count). The Morgan fingerprint density at radius 1 is 1.12 bits per heavy atom. The Morgan fingerprint density at radius 2 is 1.96 bits per heavy atom. The lowest BCUT2D eigenvalue weighted by molar-refractivity contribution is -0.118. The van der Waals surface area contributed by atoms with E-state index in [0.29, 0.717) is 38.3 Å². The summed E-state index contributed by atoms with van der Waals surface area (Å²) in [6.07, 6.45) is 2.62. The second kappa shape index (κ2) is 6.75. The number of carbonyl (C=O) groups is 1. The number of ether oxygens (including phenoxy) is 2. The van der Waals surface area contributed by atoms with E-state index in [9.17, 15) is 9.18 Å². The summed E-state index contributed by atoms with van der Waals surface area (Å²) in [6.45, 7) is 1.68. The van der Waals surface area contributed by atoms with E-state index >= 15 is 0 Å². The van der Waals surface area contributed by atoms with Gasteiger partial charge in [0.15, 0.2) is 11.5 Å². The molecule has 0 unspecified atom stereocenters. The topological polar surface area (TPSA) is 38.8 Å². The zero-order valence-electron chi connectivity index (χ0n) is 14.0. The van der Waals surface area contributed by atoms with Gasteiger partial charge in [0.2, 0.25) is 5.91 Å². The van der Waals surface area contributed by atoms with Crippen LogP contribution in [-0.2, 0) is 17.6 Å². The van der Waals surface area contributed by atoms with Crippen molar-refractivity contribution in [1.29, 1.82) is 0 Å². The number of hydrogen-bond acceptors (Lipinski definition) is 3. The number of rotatable bonds is 3. The maximum Gasteiger partial charge on any atom is 0.227 e. The highest BCUT2D eigenvalue weighted by molar-refractivity contribution is 5.94. The van der Waals surface area contributed by atoms with Gasteiger partial charge in [-0.25, -0.2) is 4.39 Å². The number of nitrogens with zero attached hydrogens (tertiary/aromatic N) is 1. The summed E-state index contributed by atoms with van der Waals surface area (Å²) in [7, 11) is 0. The molecular weight excluding hydrogens is 321 g/mol. The van der Waals surface area contributed by atoms with Gasteiger partial charge in [-0.1, -0.05) is 18.2 Å². The summed E-state index contributed by atoms with van der Waals surface area (Å²) in [4.78, 5) is 14.3. The van der Waals surface area contributed by atoms with Crippen LogP contribution in [0.15, 0.2) is 36.4 Å². The fraction of sp³-hybridized carbons (Fsp3) is 0.350. The van der Waals surface area contributed by atoms with Crippen molar-refractivity contribution >= 4 is 11.6 Å². The van der Waals surface area contributed by atoms with Gasteiger partial charge in [0.25, 0.3) is 0 Å². The molecule has 0 spiro atoms. The zero-order valence-corrected chi connectivity index (χ0v) is 14.0. The third-order valence-electron chi connectivity index (χ3n) is 4.70. The van der Waals surface area contributed by atoms with Crippen LogP contribution in [0.25, 0.3) is 0 Å². The van der Waals surface area contributed by atoms with E-state index < -0.39 is 0 Å². The fourth-order valence-electron chi connectivity index (χ4n) is 3.48. The first kappa shape index (κ1) is 15.9. The van der Waals surface area contributed by atoms with Gasteiger partial charge in [-0.05, 0) is 48.6 Å². The van der Waals surface area contributed by atoms with Crippen LogP contribution in [0.5, 0.6) is 11.5 Å². The van der Waals surface area contributed by atoms with Gasteiger partial charge in [-0.15, -0.1) is 0 Å². The Labute approximate surface area is 146 Å². The highest BCUT2D eigenvalue weighted by Crippen LogP contribution is 2.32. The van der Waals surface area contributed by atoms with Crippen LogP contribution in [0.2, 0.25) is 0 Å². The first-order chi connectivity index (χ1) is 12.2. The molecule has 0 fully saturated rings. The van der Waals surface area contributed by atoms with Crippen molar-refractivity contribution in [3.8, 4) is 11.5 Å². The van der Waals surface area contributed by atoms with Gasteiger partial charge in [0.1, 0.15) is 19.0 Å². The van der Waals surface area contributed by atoms with Crippen molar-refractivity contribution in [3.63, 3.8) is 0 Å². The number of benzene rings is 2. The molecule has 0 N–H and O–H groups in total. The highest BCUT2D eigenvalue weighted by atomic mass is 19.1. The first-order valence-electron chi connectivity index (χ1n) is 8.68. The predicted octanol–water partition coefficient (Wildman–Crippen LogP) is 3.51. The van der Waals surface area contributed by atoms with Crippen LogP contribution >= 0.6 is 0 Å². The fourth-order valence-corrected chi connectivity index (χ4v) is 3.48. The average molecular weight is 341 g/mol. The van der Waals surface area contributed by atoms with Gasteiger partial charge in [0, 0.05) is 13.0 Å². The molecule has 2 heterocycles. The van der Waals surface area contributed by atoms with E-state index in [-0.39, 0.29) is 11.7 Å². The average Bonchev–Trinajstić information content (AvgIpc) is 2.66. The third-order valence-corrected chi connectivity index (χ3v) is 4.70. The summed E-state index contributed by atoms with van der Waals surface area (Å²) in [5, 5.41) is 0. The summed E-state index contributed by atoms with van der Waals surface area (Å²) >= 11 is 0. The molecule has 5 heteroatoms. The smallest absolute Gasteiger partial charge is 0.227 e. The number of para-hydroxylation sites is 1. The van der Waals surface area contributed by atoms with E-state index in [1.165, 1.54) is 6.07 Å². The van der Waals surface area contributed by atoms with Crippen LogP contribution in [0.4, 0.5) is 10.1 Å². The van der Waals surface area contributed by atoms with Gasteiger partial charge >= 0.3 is 0 Å². The lowest BCUT2D eigenvalue weighted by atomic mass is 10.0. The number of halogens is 1. The SMILES string of the molecule is O=C(CCc1ccc2c(c1)OCCO2)N1CCCc2cccc(F)c21. The van der Waals surface area contributed by atoms with E-state index in [2.05, 4.69) is 0 Å². The standard InChI is InChI=1S/C20H20FNO3/c21-16-5-1-3-15-4-2-10-22(20(15)16)19(23)9-7-14-6-8-17-18(13-14)25-12-11-24-17/h1,3,5-6,8,13H,2,4,7,9-12H2. The summed E-state index contributed by atoms with van der Waals surface area (Å²) in [5.74, 6) is 1.12. The second-order valence-corrected chi connectivity index (χ2v) is 6.37. The molecule has 0 bridgehead atoms. The van der Waals surface area contributed by atoms with Crippen molar-refractivity contribution in [2.45, 2.75) is 25.7 Å². The summed E-state index contributed by atoms with van der Waals surface area (Å²) in [5.41, 5.74) is 2.39. The normalized spacial score (nSPS) is 15.6. The molecule has 130 valence electrons. The summed E-state index contributed by atoms with van der Waals surface area (Å²) in [6, 6.07) is 10.8. The van der Waals surface area contributed by atoms with Gasteiger partial charge in [-0.3, -0.25) is 4.79 Å². The van der Waals surface area contributed by atoms with Crippen molar-refractivity contribution in [2.24, 2.45) is 0 Å². The van der Waals surface area contributed by atoms with Crippen molar-refractivity contribution in [3.05, 3.63) is 53.3 Å². The van der Waals surface area contributed by atoms with Gasteiger partial charge < -0.3 is 14.4 Å². The molecule has 2 aromatic rings. The number of anilines is 1. The zero-order chi connectivity index (χ0) is 17.2. The van der Waals surface area contributed by atoms with Gasteiger partial charge in [0.05, 0.1) is 5.69 Å². The minimum atomic E-state index is -0.315. The van der Waals surface area contributed by atoms with Crippen molar-refractivity contribution in [1.82, 2.24) is 0 Å². The van der Waals surface area contributed by atoms with E-state index in [0.717, 1.165) is 35.5 Å². The molecule has 0 atom stereocenters. The molecule has 2 aliphatic heterocycles. The molecule has 2 aromatic carbocycles. The van der Waals surface area contributed by atoms with Crippen LogP contribution < -0.4 is 14.4 Å². The van der Waals surface area contributed by atoms with Crippen LogP contribution in [0, 0.1) is 5.82 Å². The Balaban J connectivity index is 1.47. The molecule has 4 nitrogen and oxygen atoms in total. The molecule has 0 aliphatic carbocycles. The molecule has 25 heavy (non-hydrogen) atoms. The Kier molecular flexibility index (Phi) is 4.30. The maximum absolute atomic E-state index is 14.2. The van der Waals surface area contributed by atoms with Crippen molar-refractivity contribution in [2.75, 3.05) is 24.7 Å². The number of amides is 1. The first-order valence-corrected chi connectivity index (χ1v) is 8.68. The van der Waals surface area contributed by atoms with E-state index in [1.54, 1.807) is 11.0 Å². The molecule has 0 radical (unpaired) electrons. The lowest BCUT2D eigenvalue weighted by Crippen LogP contribution is -2.36.